The third-order valence-corrected chi connectivity index (χ3v) is 6.08. The standard InChI is InChI=1S/C33H30O4/c1-21(2)23(5)35-31-16-13-27(14-17-31)33(37-34)26-9-7-25(8-10-26)28-11-12-30-20-32(18-15-29(30)19-28)36-24(6)22(3)4/h7-20,33-34H,1,3,5-6H2,2,4H3. The van der Waals surface area contributed by atoms with Crippen molar-refractivity contribution in [3.63, 3.8) is 0 Å². The lowest BCUT2D eigenvalue weighted by Crippen LogP contribution is -2.04. The van der Waals surface area contributed by atoms with Gasteiger partial charge in [-0.25, -0.2) is 4.89 Å². The van der Waals surface area contributed by atoms with Crippen LogP contribution in [0.3, 0.4) is 0 Å². The lowest BCUT2D eigenvalue weighted by Gasteiger charge is -2.16. The van der Waals surface area contributed by atoms with E-state index in [-0.39, 0.29) is 0 Å². The Kier molecular flexibility index (Phi) is 7.73. The zero-order valence-corrected chi connectivity index (χ0v) is 21.2. The van der Waals surface area contributed by atoms with Crippen LogP contribution in [0.15, 0.2) is 134 Å². The van der Waals surface area contributed by atoms with E-state index in [0.29, 0.717) is 17.3 Å². The average molecular weight is 491 g/mol. The number of allylic oxidation sites excluding steroid dienone is 2. The first kappa shape index (κ1) is 25.7. The van der Waals surface area contributed by atoms with Crippen LogP contribution in [0.1, 0.15) is 31.1 Å². The summed E-state index contributed by atoms with van der Waals surface area (Å²) in [6.07, 6.45) is -0.628. The highest BCUT2D eigenvalue weighted by atomic mass is 17.1. The lowest BCUT2D eigenvalue weighted by atomic mass is 9.97. The van der Waals surface area contributed by atoms with Crippen molar-refractivity contribution in [3.8, 4) is 22.6 Å². The van der Waals surface area contributed by atoms with Gasteiger partial charge in [0.15, 0.2) is 0 Å². The third kappa shape index (κ3) is 6.07. The number of rotatable bonds is 10. The Morgan fingerprint density at radius 3 is 1.62 bits per heavy atom. The third-order valence-electron chi connectivity index (χ3n) is 6.08. The summed E-state index contributed by atoms with van der Waals surface area (Å²) >= 11 is 0. The van der Waals surface area contributed by atoms with Gasteiger partial charge in [0, 0.05) is 0 Å². The van der Waals surface area contributed by atoms with Gasteiger partial charge in [-0.05, 0) is 88.4 Å². The van der Waals surface area contributed by atoms with Crippen LogP contribution in [0.25, 0.3) is 21.9 Å². The van der Waals surface area contributed by atoms with Gasteiger partial charge in [-0.15, -0.1) is 0 Å². The largest absolute Gasteiger partial charge is 0.458 e. The van der Waals surface area contributed by atoms with Gasteiger partial charge in [-0.1, -0.05) is 80.9 Å². The van der Waals surface area contributed by atoms with E-state index in [1.165, 1.54) is 0 Å². The molecule has 0 aromatic heterocycles. The summed E-state index contributed by atoms with van der Waals surface area (Å²) in [5, 5.41) is 11.8. The Labute approximate surface area is 218 Å². The van der Waals surface area contributed by atoms with Gasteiger partial charge in [0.1, 0.15) is 29.1 Å². The van der Waals surface area contributed by atoms with Crippen LogP contribution >= 0.6 is 0 Å². The van der Waals surface area contributed by atoms with Gasteiger partial charge in [0.25, 0.3) is 0 Å². The van der Waals surface area contributed by atoms with Crippen LogP contribution in [0.2, 0.25) is 0 Å². The second kappa shape index (κ2) is 11.1. The molecule has 0 heterocycles. The Morgan fingerprint density at radius 1 is 0.595 bits per heavy atom. The molecule has 0 radical (unpaired) electrons. The van der Waals surface area contributed by atoms with Gasteiger partial charge >= 0.3 is 0 Å². The van der Waals surface area contributed by atoms with Gasteiger partial charge in [0.2, 0.25) is 0 Å². The molecule has 0 saturated heterocycles. The normalized spacial score (nSPS) is 11.5. The molecule has 1 atom stereocenters. The first-order valence-corrected chi connectivity index (χ1v) is 11.8. The van der Waals surface area contributed by atoms with Crippen LogP contribution < -0.4 is 9.47 Å². The van der Waals surface area contributed by atoms with E-state index < -0.39 is 6.10 Å². The molecule has 1 unspecified atom stereocenters. The van der Waals surface area contributed by atoms with Crippen LogP contribution in [-0.4, -0.2) is 5.26 Å². The van der Waals surface area contributed by atoms with Crippen LogP contribution in [-0.2, 0) is 4.89 Å². The van der Waals surface area contributed by atoms with Crippen molar-refractivity contribution in [1.82, 2.24) is 0 Å². The van der Waals surface area contributed by atoms with E-state index in [4.69, 9.17) is 14.4 Å². The average Bonchev–Trinajstić information content (AvgIpc) is 2.90. The zero-order valence-electron chi connectivity index (χ0n) is 21.2. The molecule has 186 valence electrons. The van der Waals surface area contributed by atoms with Crippen molar-refractivity contribution >= 4 is 10.8 Å². The van der Waals surface area contributed by atoms with E-state index in [0.717, 1.165) is 49.9 Å². The maximum absolute atomic E-state index is 9.66. The summed E-state index contributed by atoms with van der Waals surface area (Å²) in [6, 6.07) is 27.5. The van der Waals surface area contributed by atoms with Crippen molar-refractivity contribution in [2.24, 2.45) is 0 Å². The van der Waals surface area contributed by atoms with E-state index in [2.05, 4.69) is 44.5 Å². The van der Waals surface area contributed by atoms with E-state index in [9.17, 15) is 5.26 Å². The summed E-state index contributed by atoms with van der Waals surface area (Å²) in [4.78, 5) is 4.84. The first-order valence-electron chi connectivity index (χ1n) is 11.8. The summed E-state index contributed by atoms with van der Waals surface area (Å²) in [7, 11) is 0. The van der Waals surface area contributed by atoms with Crippen LogP contribution in [0.4, 0.5) is 0 Å². The summed E-state index contributed by atoms with van der Waals surface area (Å²) in [6.45, 7) is 19.1. The molecule has 0 aliphatic heterocycles. The molecule has 0 aliphatic rings. The minimum absolute atomic E-state index is 0.509. The Balaban J connectivity index is 1.51. The highest BCUT2D eigenvalue weighted by molar-refractivity contribution is 5.88. The Bertz CT molecular complexity index is 1480. The lowest BCUT2D eigenvalue weighted by molar-refractivity contribution is -0.270. The fourth-order valence-corrected chi connectivity index (χ4v) is 3.80. The highest BCUT2D eigenvalue weighted by Crippen LogP contribution is 2.31. The molecule has 0 amide bonds. The van der Waals surface area contributed by atoms with Crippen molar-refractivity contribution < 1.29 is 19.6 Å². The number of benzene rings is 4. The SMILES string of the molecule is C=C(C)C(=C)Oc1ccc(C(OO)c2ccc(-c3ccc4cc(OC(=C)C(=C)C)ccc4c3)cc2)cc1. The second-order valence-electron chi connectivity index (χ2n) is 9.01. The molecule has 0 bridgehead atoms. The Morgan fingerprint density at radius 2 is 1.05 bits per heavy atom. The number of fused-ring (bicyclic) bond motifs is 1. The molecule has 4 heteroatoms. The fraction of sp³-hybridized carbons (Fsp3) is 0.0909. The van der Waals surface area contributed by atoms with Gasteiger partial charge in [0.05, 0.1) is 0 Å². The monoisotopic (exact) mass is 490 g/mol. The quantitative estimate of drug-likeness (QED) is 0.104. The minimum atomic E-state index is -0.628. The van der Waals surface area contributed by atoms with Gasteiger partial charge in [-0.3, -0.25) is 5.26 Å². The van der Waals surface area contributed by atoms with E-state index in [1.807, 2.05) is 80.6 Å². The zero-order chi connectivity index (χ0) is 26.5. The van der Waals surface area contributed by atoms with Crippen LogP contribution in [0, 0.1) is 0 Å². The molecule has 4 aromatic rings. The minimum Gasteiger partial charge on any atom is -0.458 e. The first-order chi connectivity index (χ1) is 17.7. The molecule has 37 heavy (non-hydrogen) atoms. The summed E-state index contributed by atoms with van der Waals surface area (Å²) < 4.78 is 11.4. The van der Waals surface area contributed by atoms with Crippen molar-refractivity contribution in [1.29, 1.82) is 0 Å². The highest BCUT2D eigenvalue weighted by Gasteiger charge is 2.16. The van der Waals surface area contributed by atoms with Crippen molar-refractivity contribution in [2.45, 2.75) is 20.0 Å². The van der Waals surface area contributed by atoms with Gasteiger partial charge < -0.3 is 9.47 Å². The molecule has 0 fully saturated rings. The molecule has 4 rings (SSSR count). The molecular formula is C33H30O4. The maximum Gasteiger partial charge on any atom is 0.143 e. The summed E-state index contributed by atoms with van der Waals surface area (Å²) in [5.74, 6) is 2.43. The molecule has 4 aromatic carbocycles. The predicted octanol–water partition coefficient (Wildman–Crippen LogP) is 9.02. The topological polar surface area (TPSA) is 47.9 Å². The number of hydrogen-bond acceptors (Lipinski definition) is 4. The molecule has 4 nitrogen and oxygen atoms in total. The fourth-order valence-electron chi connectivity index (χ4n) is 3.80. The van der Waals surface area contributed by atoms with Gasteiger partial charge in [-0.2, -0.15) is 0 Å². The van der Waals surface area contributed by atoms with Crippen molar-refractivity contribution in [2.75, 3.05) is 0 Å². The maximum atomic E-state index is 9.66. The van der Waals surface area contributed by atoms with Crippen molar-refractivity contribution in [3.05, 3.63) is 145 Å². The molecule has 1 N–H and O–H groups in total. The second-order valence-corrected chi connectivity index (χ2v) is 9.01. The number of hydrogen-bond donors (Lipinski definition) is 1. The molecular weight excluding hydrogens is 460 g/mol. The molecule has 0 spiro atoms. The molecule has 0 saturated carbocycles. The van der Waals surface area contributed by atoms with Crippen LogP contribution in [0.5, 0.6) is 11.5 Å². The smallest absolute Gasteiger partial charge is 0.143 e. The predicted molar refractivity (Wildman–Crippen MR) is 151 cm³/mol. The summed E-state index contributed by atoms with van der Waals surface area (Å²) in [5.41, 5.74) is 5.31. The van der Waals surface area contributed by atoms with E-state index in [1.54, 1.807) is 0 Å². The molecule has 0 aliphatic carbocycles. The Hall–Kier alpha value is -4.38. The number of ether oxygens (including phenoxy) is 2. The van der Waals surface area contributed by atoms with E-state index >= 15 is 0 Å².